The monoisotopic (exact) mass is 287 g/mol. The van der Waals surface area contributed by atoms with Gasteiger partial charge in [0.15, 0.2) is 0 Å². The van der Waals surface area contributed by atoms with Gasteiger partial charge in [0.25, 0.3) is 0 Å². The first-order chi connectivity index (χ1) is 9.69. The molecule has 0 fully saturated rings. The molecule has 102 valence electrons. The van der Waals surface area contributed by atoms with Crippen LogP contribution in [0, 0.1) is 0 Å². The number of aromatic nitrogens is 1. The van der Waals surface area contributed by atoms with Crippen molar-refractivity contribution in [3.8, 4) is 0 Å². The first kappa shape index (κ1) is 14.1. The SMILES string of the molecule is CNc1cc(Cl)ccc1NC(=O)/C=C/c1cccnc1. The molecule has 1 aromatic carbocycles. The van der Waals surface area contributed by atoms with Gasteiger partial charge in [0.1, 0.15) is 0 Å². The first-order valence-corrected chi connectivity index (χ1v) is 6.43. The summed E-state index contributed by atoms with van der Waals surface area (Å²) in [6, 6.07) is 8.92. The molecule has 0 aliphatic heterocycles. The van der Waals surface area contributed by atoms with Gasteiger partial charge in [-0.15, -0.1) is 0 Å². The zero-order chi connectivity index (χ0) is 14.4. The van der Waals surface area contributed by atoms with Gasteiger partial charge < -0.3 is 10.6 Å². The summed E-state index contributed by atoms with van der Waals surface area (Å²) in [6.45, 7) is 0. The van der Waals surface area contributed by atoms with Crippen LogP contribution in [0.3, 0.4) is 0 Å². The van der Waals surface area contributed by atoms with Crippen LogP contribution in [0.25, 0.3) is 6.08 Å². The minimum atomic E-state index is -0.215. The van der Waals surface area contributed by atoms with Crippen molar-refractivity contribution in [1.29, 1.82) is 0 Å². The van der Waals surface area contributed by atoms with Gasteiger partial charge >= 0.3 is 0 Å². The van der Waals surface area contributed by atoms with Crippen molar-refractivity contribution >= 4 is 35.0 Å². The minimum Gasteiger partial charge on any atom is -0.386 e. The molecule has 2 N–H and O–H groups in total. The van der Waals surface area contributed by atoms with E-state index in [4.69, 9.17) is 11.6 Å². The number of benzene rings is 1. The summed E-state index contributed by atoms with van der Waals surface area (Å²) in [4.78, 5) is 15.8. The Bertz CT molecular complexity index is 626. The number of carbonyl (C=O) groups is 1. The number of amides is 1. The zero-order valence-electron chi connectivity index (χ0n) is 10.9. The van der Waals surface area contributed by atoms with Crippen molar-refractivity contribution in [2.24, 2.45) is 0 Å². The predicted molar refractivity (Wildman–Crippen MR) is 82.9 cm³/mol. The molecule has 0 aliphatic rings. The molecule has 1 heterocycles. The molecular weight excluding hydrogens is 274 g/mol. The number of halogens is 1. The number of anilines is 2. The Morgan fingerprint density at radius 3 is 2.85 bits per heavy atom. The summed E-state index contributed by atoms with van der Waals surface area (Å²) in [5.41, 5.74) is 2.31. The molecule has 1 aromatic heterocycles. The quantitative estimate of drug-likeness (QED) is 0.847. The molecule has 5 heteroatoms. The molecule has 0 unspecified atom stereocenters. The van der Waals surface area contributed by atoms with Crippen molar-refractivity contribution < 1.29 is 4.79 Å². The van der Waals surface area contributed by atoms with E-state index in [0.717, 1.165) is 11.3 Å². The second-order valence-electron chi connectivity index (χ2n) is 4.05. The van der Waals surface area contributed by atoms with Crippen LogP contribution in [-0.4, -0.2) is 17.9 Å². The highest BCUT2D eigenvalue weighted by Crippen LogP contribution is 2.25. The maximum absolute atomic E-state index is 11.9. The molecule has 2 rings (SSSR count). The Labute approximate surface area is 122 Å². The van der Waals surface area contributed by atoms with Crippen LogP contribution in [0.2, 0.25) is 5.02 Å². The highest BCUT2D eigenvalue weighted by atomic mass is 35.5. The third-order valence-electron chi connectivity index (χ3n) is 2.62. The Kier molecular flexibility index (Phi) is 4.74. The van der Waals surface area contributed by atoms with Gasteiger partial charge in [-0.25, -0.2) is 0 Å². The van der Waals surface area contributed by atoms with Crippen molar-refractivity contribution in [1.82, 2.24) is 4.98 Å². The fourth-order valence-electron chi connectivity index (χ4n) is 1.65. The van der Waals surface area contributed by atoms with Gasteiger partial charge in [-0.2, -0.15) is 0 Å². The summed E-state index contributed by atoms with van der Waals surface area (Å²) >= 11 is 5.90. The molecule has 0 bridgehead atoms. The number of rotatable bonds is 4. The zero-order valence-corrected chi connectivity index (χ0v) is 11.7. The van der Waals surface area contributed by atoms with E-state index in [-0.39, 0.29) is 5.91 Å². The van der Waals surface area contributed by atoms with E-state index in [1.165, 1.54) is 6.08 Å². The first-order valence-electron chi connectivity index (χ1n) is 6.05. The van der Waals surface area contributed by atoms with Gasteiger partial charge in [0.2, 0.25) is 5.91 Å². The van der Waals surface area contributed by atoms with Crippen molar-refractivity contribution in [3.63, 3.8) is 0 Å². The van der Waals surface area contributed by atoms with Crippen molar-refractivity contribution in [3.05, 3.63) is 59.4 Å². The lowest BCUT2D eigenvalue weighted by Gasteiger charge is -2.09. The van der Waals surface area contributed by atoms with Crippen LogP contribution in [0.4, 0.5) is 11.4 Å². The number of hydrogen-bond donors (Lipinski definition) is 2. The summed E-state index contributed by atoms with van der Waals surface area (Å²) in [6.07, 6.45) is 6.54. The predicted octanol–water partition coefficient (Wildman–Crippen LogP) is 3.43. The van der Waals surface area contributed by atoms with Gasteiger partial charge in [0, 0.05) is 30.5 Å². The fourth-order valence-corrected chi connectivity index (χ4v) is 1.83. The lowest BCUT2D eigenvalue weighted by atomic mass is 10.2. The number of carbonyl (C=O) groups excluding carboxylic acids is 1. The smallest absolute Gasteiger partial charge is 0.248 e. The lowest BCUT2D eigenvalue weighted by molar-refractivity contribution is -0.111. The summed E-state index contributed by atoms with van der Waals surface area (Å²) in [5, 5.41) is 6.38. The average molecular weight is 288 g/mol. The van der Waals surface area contributed by atoms with Crippen LogP contribution < -0.4 is 10.6 Å². The van der Waals surface area contributed by atoms with Gasteiger partial charge in [0.05, 0.1) is 11.4 Å². The summed E-state index contributed by atoms with van der Waals surface area (Å²) in [7, 11) is 1.77. The molecule has 0 saturated carbocycles. The number of pyridine rings is 1. The van der Waals surface area contributed by atoms with E-state index in [2.05, 4.69) is 15.6 Å². The molecular formula is C15H14ClN3O. The van der Waals surface area contributed by atoms with E-state index in [0.29, 0.717) is 10.7 Å². The van der Waals surface area contributed by atoms with Crippen LogP contribution in [0.5, 0.6) is 0 Å². The third kappa shape index (κ3) is 3.83. The Morgan fingerprint density at radius 2 is 2.15 bits per heavy atom. The van der Waals surface area contributed by atoms with Gasteiger partial charge in [-0.3, -0.25) is 9.78 Å². The molecule has 1 amide bonds. The van der Waals surface area contributed by atoms with E-state index >= 15 is 0 Å². The van der Waals surface area contributed by atoms with Crippen LogP contribution in [0.15, 0.2) is 48.8 Å². The van der Waals surface area contributed by atoms with E-state index in [9.17, 15) is 4.79 Å². The van der Waals surface area contributed by atoms with Crippen molar-refractivity contribution in [2.45, 2.75) is 0 Å². The third-order valence-corrected chi connectivity index (χ3v) is 2.86. The molecule has 0 aliphatic carbocycles. The minimum absolute atomic E-state index is 0.215. The van der Waals surface area contributed by atoms with Crippen molar-refractivity contribution in [2.75, 3.05) is 17.7 Å². The molecule has 0 saturated heterocycles. The molecule has 2 aromatic rings. The molecule has 20 heavy (non-hydrogen) atoms. The average Bonchev–Trinajstić information content (AvgIpc) is 2.48. The topological polar surface area (TPSA) is 54.0 Å². The molecule has 0 radical (unpaired) electrons. The van der Waals surface area contributed by atoms with Crippen LogP contribution in [0.1, 0.15) is 5.56 Å². The number of hydrogen-bond acceptors (Lipinski definition) is 3. The van der Waals surface area contributed by atoms with E-state index in [1.54, 1.807) is 43.7 Å². The van der Waals surface area contributed by atoms with E-state index in [1.807, 2.05) is 12.1 Å². The van der Waals surface area contributed by atoms with Gasteiger partial charge in [-0.1, -0.05) is 17.7 Å². The maximum atomic E-state index is 11.9. The number of nitrogens with zero attached hydrogens (tertiary/aromatic N) is 1. The molecule has 4 nitrogen and oxygen atoms in total. The second-order valence-corrected chi connectivity index (χ2v) is 4.49. The molecule has 0 spiro atoms. The highest BCUT2D eigenvalue weighted by molar-refractivity contribution is 6.31. The van der Waals surface area contributed by atoms with Gasteiger partial charge in [-0.05, 0) is 35.9 Å². The largest absolute Gasteiger partial charge is 0.386 e. The second kappa shape index (κ2) is 6.73. The highest BCUT2D eigenvalue weighted by Gasteiger charge is 2.04. The fraction of sp³-hybridized carbons (Fsp3) is 0.0667. The van der Waals surface area contributed by atoms with Crippen LogP contribution >= 0.6 is 11.6 Å². The summed E-state index contributed by atoms with van der Waals surface area (Å²) in [5.74, 6) is -0.215. The van der Waals surface area contributed by atoms with Crippen LogP contribution in [-0.2, 0) is 4.79 Å². The normalized spacial score (nSPS) is 10.5. The Balaban J connectivity index is 2.07. The standard InChI is InChI=1S/C15H14ClN3O/c1-17-14-9-12(16)5-6-13(14)19-15(20)7-4-11-3-2-8-18-10-11/h2-10,17H,1H3,(H,19,20)/b7-4+. The van der Waals surface area contributed by atoms with E-state index < -0.39 is 0 Å². The molecule has 0 atom stereocenters. The Morgan fingerprint density at radius 1 is 1.30 bits per heavy atom. The Hall–Kier alpha value is -2.33. The maximum Gasteiger partial charge on any atom is 0.248 e. The lowest BCUT2D eigenvalue weighted by Crippen LogP contribution is -2.09. The number of nitrogens with one attached hydrogen (secondary N) is 2. The summed E-state index contributed by atoms with van der Waals surface area (Å²) < 4.78 is 0.